The summed E-state index contributed by atoms with van der Waals surface area (Å²) in [4.78, 5) is 0. The van der Waals surface area contributed by atoms with Crippen LogP contribution in [0, 0.1) is 24.2 Å². The van der Waals surface area contributed by atoms with Crippen LogP contribution in [0.5, 0.6) is 0 Å². The van der Waals surface area contributed by atoms with E-state index in [0.29, 0.717) is 23.3 Å². The maximum Gasteiger partial charge on any atom is 0.00728 e. The lowest BCUT2D eigenvalue weighted by molar-refractivity contribution is 0.415. The fourth-order valence-electron chi connectivity index (χ4n) is 5.92. The van der Waals surface area contributed by atoms with Crippen LogP contribution in [0.3, 0.4) is 0 Å². The average Bonchev–Trinajstić information content (AvgIpc) is 2.86. The molecule has 0 heterocycles. The largest absolute Gasteiger partial charge is 0.317 e. The van der Waals surface area contributed by atoms with Crippen LogP contribution in [-0.2, 0) is 6.42 Å². The zero-order valence-corrected chi connectivity index (χ0v) is 25.5. The van der Waals surface area contributed by atoms with Crippen molar-refractivity contribution >= 4 is 5.57 Å². The molecule has 1 heteroatoms. The fourth-order valence-corrected chi connectivity index (χ4v) is 5.92. The molecule has 3 atom stereocenters. The summed E-state index contributed by atoms with van der Waals surface area (Å²) < 4.78 is 0. The zero-order valence-electron chi connectivity index (χ0n) is 25.5. The van der Waals surface area contributed by atoms with E-state index in [0.717, 1.165) is 25.7 Å². The molecule has 0 aliphatic heterocycles. The van der Waals surface area contributed by atoms with Crippen molar-refractivity contribution < 1.29 is 0 Å². The van der Waals surface area contributed by atoms with E-state index in [1.165, 1.54) is 60.8 Å². The highest BCUT2D eigenvalue weighted by atomic mass is 14.9. The van der Waals surface area contributed by atoms with E-state index in [4.69, 9.17) is 0 Å². The molecule has 0 spiro atoms. The van der Waals surface area contributed by atoms with Gasteiger partial charge in [-0.15, -0.1) is 0 Å². The van der Waals surface area contributed by atoms with Gasteiger partial charge in [-0.3, -0.25) is 0 Å². The van der Waals surface area contributed by atoms with Gasteiger partial charge in [0.25, 0.3) is 0 Å². The van der Waals surface area contributed by atoms with Crippen LogP contribution in [0.25, 0.3) is 5.57 Å². The van der Waals surface area contributed by atoms with Gasteiger partial charge in [0, 0.05) is 6.04 Å². The van der Waals surface area contributed by atoms with Crippen molar-refractivity contribution in [3.63, 3.8) is 0 Å². The standard InChI is InChI=1S/C36H57N/c1-9-15-31(22-23-34(37-8)25-29-18-13-12-14-19-29)32(16-10-2)24-30-21-20-28(4)35(26-30)33(17-11-3)27-36(5,6)7/h12-15,17-18,20-21,26,29,32,34,37H,9-11,16,19,22-25,27H2,1-8H3/b31-15-,33-17+. The molecule has 1 N–H and O–H groups in total. The molecule has 0 fully saturated rings. The molecule has 0 bridgehead atoms. The summed E-state index contributed by atoms with van der Waals surface area (Å²) in [5, 5.41) is 3.63. The second-order valence-electron chi connectivity index (χ2n) is 12.5. The monoisotopic (exact) mass is 503 g/mol. The molecule has 3 unspecified atom stereocenters. The van der Waals surface area contributed by atoms with Gasteiger partial charge < -0.3 is 5.32 Å². The van der Waals surface area contributed by atoms with E-state index in [2.05, 4.69) is 115 Å². The predicted molar refractivity (Wildman–Crippen MR) is 167 cm³/mol. The van der Waals surface area contributed by atoms with Gasteiger partial charge in [-0.2, -0.15) is 0 Å². The first-order valence-corrected chi connectivity index (χ1v) is 15.2. The first-order valence-electron chi connectivity index (χ1n) is 15.2. The molecule has 0 aromatic heterocycles. The maximum atomic E-state index is 3.63. The van der Waals surface area contributed by atoms with Crippen LogP contribution in [-0.4, -0.2) is 13.1 Å². The number of benzene rings is 1. The Balaban J connectivity index is 2.20. The minimum Gasteiger partial charge on any atom is -0.317 e. The van der Waals surface area contributed by atoms with Crippen molar-refractivity contribution in [2.45, 2.75) is 119 Å². The third kappa shape index (κ3) is 11.2. The summed E-state index contributed by atoms with van der Waals surface area (Å²) in [6.45, 7) is 16.3. The van der Waals surface area contributed by atoms with Crippen molar-refractivity contribution in [1.29, 1.82) is 0 Å². The van der Waals surface area contributed by atoms with Gasteiger partial charge in [0.15, 0.2) is 0 Å². The first-order chi connectivity index (χ1) is 17.7. The topological polar surface area (TPSA) is 12.0 Å². The van der Waals surface area contributed by atoms with Crippen molar-refractivity contribution in [2.75, 3.05) is 7.05 Å². The van der Waals surface area contributed by atoms with E-state index in [1.54, 1.807) is 5.57 Å². The van der Waals surface area contributed by atoms with E-state index in [1.807, 2.05) is 0 Å². The van der Waals surface area contributed by atoms with Gasteiger partial charge >= 0.3 is 0 Å². The SMILES string of the molecule is CC/C=C(/CCC(CC1C=CC=CC1)NC)C(CCC)Cc1ccc(C)c(/C(=C/CC)CC(C)(C)C)c1. The number of nitrogens with one attached hydrogen (secondary N) is 1. The summed E-state index contributed by atoms with van der Waals surface area (Å²) in [5.41, 5.74) is 7.88. The maximum absolute atomic E-state index is 3.63. The minimum absolute atomic E-state index is 0.290. The van der Waals surface area contributed by atoms with Gasteiger partial charge in [0.05, 0.1) is 0 Å². The quantitative estimate of drug-likeness (QED) is 0.235. The number of hydrogen-bond donors (Lipinski definition) is 1. The highest BCUT2D eigenvalue weighted by Gasteiger charge is 2.20. The average molecular weight is 504 g/mol. The van der Waals surface area contributed by atoms with Gasteiger partial charge in [0.1, 0.15) is 0 Å². The van der Waals surface area contributed by atoms with Crippen LogP contribution in [0.2, 0.25) is 0 Å². The summed E-state index contributed by atoms with van der Waals surface area (Å²) >= 11 is 0. The molecule has 0 saturated heterocycles. The molecular formula is C36H57N. The highest BCUT2D eigenvalue weighted by Crippen LogP contribution is 2.34. The molecule has 1 aromatic rings. The van der Waals surface area contributed by atoms with E-state index in [9.17, 15) is 0 Å². The molecule has 1 aliphatic carbocycles. The number of hydrogen-bond acceptors (Lipinski definition) is 1. The molecule has 206 valence electrons. The van der Waals surface area contributed by atoms with E-state index < -0.39 is 0 Å². The van der Waals surface area contributed by atoms with Crippen LogP contribution >= 0.6 is 0 Å². The van der Waals surface area contributed by atoms with Crippen LogP contribution in [0.4, 0.5) is 0 Å². The second-order valence-corrected chi connectivity index (χ2v) is 12.5. The summed E-state index contributed by atoms with van der Waals surface area (Å²) in [5.74, 6) is 1.31. The molecule has 0 amide bonds. The van der Waals surface area contributed by atoms with E-state index in [-0.39, 0.29) is 0 Å². The van der Waals surface area contributed by atoms with Crippen LogP contribution in [0.15, 0.2) is 60.2 Å². The lowest BCUT2D eigenvalue weighted by atomic mass is 9.81. The summed E-state index contributed by atoms with van der Waals surface area (Å²) in [6, 6.07) is 7.86. The molecule has 1 nitrogen and oxygen atoms in total. The Morgan fingerprint density at radius 3 is 2.41 bits per heavy atom. The first kappa shape index (κ1) is 31.4. The third-order valence-corrected chi connectivity index (χ3v) is 7.78. The Kier molecular flexibility index (Phi) is 13.7. The fraction of sp³-hybridized carbons (Fsp3) is 0.611. The van der Waals surface area contributed by atoms with Gasteiger partial charge in [-0.1, -0.05) is 108 Å². The smallest absolute Gasteiger partial charge is 0.00728 e. The van der Waals surface area contributed by atoms with Gasteiger partial charge in [0.2, 0.25) is 0 Å². The molecule has 0 saturated carbocycles. The predicted octanol–water partition coefficient (Wildman–Crippen LogP) is 10.4. The van der Waals surface area contributed by atoms with E-state index >= 15 is 0 Å². The molecule has 1 aliphatic rings. The van der Waals surface area contributed by atoms with Crippen LogP contribution < -0.4 is 5.32 Å². The number of aryl methyl sites for hydroxylation is 1. The molecule has 37 heavy (non-hydrogen) atoms. The minimum atomic E-state index is 0.290. The Labute approximate surface area is 230 Å². The lowest BCUT2D eigenvalue weighted by Gasteiger charge is -2.26. The Morgan fingerprint density at radius 1 is 1.05 bits per heavy atom. The van der Waals surface area contributed by atoms with Crippen molar-refractivity contribution in [1.82, 2.24) is 5.32 Å². The summed E-state index contributed by atoms with van der Waals surface area (Å²) in [7, 11) is 2.15. The molecule has 0 radical (unpaired) electrons. The number of rotatable bonds is 15. The number of allylic oxidation sites excluding steroid dienone is 8. The molecule has 1 aromatic carbocycles. The highest BCUT2D eigenvalue weighted by molar-refractivity contribution is 5.69. The van der Waals surface area contributed by atoms with Gasteiger partial charge in [-0.05, 0) is 111 Å². The van der Waals surface area contributed by atoms with Crippen molar-refractivity contribution in [3.05, 3.63) is 76.9 Å². The Hall–Kier alpha value is -1.86. The Morgan fingerprint density at radius 2 is 1.81 bits per heavy atom. The second kappa shape index (κ2) is 16.2. The van der Waals surface area contributed by atoms with Crippen LogP contribution in [0.1, 0.15) is 116 Å². The third-order valence-electron chi connectivity index (χ3n) is 7.78. The van der Waals surface area contributed by atoms with Crippen molar-refractivity contribution in [3.8, 4) is 0 Å². The summed E-state index contributed by atoms with van der Waals surface area (Å²) in [6.07, 6.45) is 26.0. The zero-order chi connectivity index (χ0) is 27.3. The molecular weight excluding hydrogens is 446 g/mol. The van der Waals surface area contributed by atoms with Crippen molar-refractivity contribution in [2.24, 2.45) is 17.3 Å². The van der Waals surface area contributed by atoms with Gasteiger partial charge in [-0.25, -0.2) is 0 Å². The lowest BCUT2D eigenvalue weighted by Crippen LogP contribution is -2.28. The molecule has 2 rings (SSSR count). The normalized spacial score (nSPS) is 18.3. The Bertz CT molecular complexity index is 920.